The van der Waals surface area contributed by atoms with Gasteiger partial charge in [-0.2, -0.15) is 14.6 Å². The number of aliphatic hydroxyl groups is 1. The Kier molecular flexibility index (Phi) is 4.74. The van der Waals surface area contributed by atoms with Gasteiger partial charge >= 0.3 is 0 Å². The molecule has 0 aliphatic heterocycles. The Balaban J connectivity index is 1.91. The Morgan fingerprint density at radius 2 is 1.93 bits per heavy atom. The second-order valence-electron chi connectivity index (χ2n) is 6.70. The molecule has 0 unspecified atom stereocenters. The van der Waals surface area contributed by atoms with E-state index in [0.717, 1.165) is 16.8 Å². The van der Waals surface area contributed by atoms with Gasteiger partial charge in [-0.3, -0.25) is 4.68 Å². The molecule has 3 aromatic heterocycles. The number of nitrogens with zero attached hydrogens (tertiary/aromatic N) is 7. The highest BCUT2D eigenvalue weighted by Crippen LogP contribution is 2.26. The summed E-state index contributed by atoms with van der Waals surface area (Å²) < 4.78 is 3.42. The van der Waals surface area contributed by atoms with E-state index < -0.39 is 0 Å². The number of benzene rings is 1. The summed E-state index contributed by atoms with van der Waals surface area (Å²) in [5, 5.41) is 19.0. The van der Waals surface area contributed by atoms with Crippen LogP contribution >= 0.6 is 11.6 Å². The van der Waals surface area contributed by atoms with Crippen molar-refractivity contribution in [2.24, 2.45) is 7.05 Å². The standard InChI is InChI=1S/C19H20ClN7O/c1-12(11-28)26(3)19-23-17-8-16(13-4-6-15(20)7-5-13)22-18(27(17)24-19)14-9-21-25(2)10-14/h4-10,12,28H,11H2,1-3H3/t12-/m0/s1. The topological polar surface area (TPSA) is 84.4 Å². The highest BCUT2D eigenvalue weighted by atomic mass is 35.5. The Labute approximate surface area is 167 Å². The molecule has 8 nitrogen and oxygen atoms in total. The lowest BCUT2D eigenvalue weighted by Gasteiger charge is -2.20. The molecule has 0 saturated heterocycles. The van der Waals surface area contributed by atoms with Crippen LogP contribution in [-0.2, 0) is 7.05 Å². The molecule has 28 heavy (non-hydrogen) atoms. The van der Waals surface area contributed by atoms with E-state index >= 15 is 0 Å². The third kappa shape index (κ3) is 3.32. The van der Waals surface area contributed by atoms with Gasteiger partial charge in [-0.05, 0) is 19.1 Å². The molecular formula is C19H20ClN7O. The third-order valence-corrected chi connectivity index (χ3v) is 4.91. The lowest BCUT2D eigenvalue weighted by Crippen LogP contribution is -2.32. The van der Waals surface area contributed by atoms with Crippen molar-refractivity contribution in [2.75, 3.05) is 18.6 Å². The number of anilines is 1. The molecule has 4 rings (SSSR count). The van der Waals surface area contributed by atoms with Gasteiger partial charge in [0.25, 0.3) is 0 Å². The van der Waals surface area contributed by atoms with Crippen LogP contribution in [0.3, 0.4) is 0 Å². The highest BCUT2D eigenvalue weighted by Gasteiger charge is 2.19. The first-order valence-corrected chi connectivity index (χ1v) is 9.20. The second kappa shape index (κ2) is 7.21. The minimum absolute atomic E-state index is 0.00971. The van der Waals surface area contributed by atoms with E-state index in [4.69, 9.17) is 16.6 Å². The van der Waals surface area contributed by atoms with Gasteiger partial charge in [-0.25, -0.2) is 4.98 Å². The van der Waals surface area contributed by atoms with Gasteiger partial charge in [-0.15, -0.1) is 5.10 Å². The van der Waals surface area contributed by atoms with Crippen LogP contribution < -0.4 is 4.90 Å². The molecule has 0 bridgehead atoms. The molecule has 0 amide bonds. The summed E-state index contributed by atoms with van der Waals surface area (Å²) in [6.45, 7) is 1.92. The van der Waals surface area contributed by atoms with Crippen molar-refractivity contribution in [3.63, 3.8) is 0 Å². The van der Waals surface area contributed by atoms with Gasteiger partial charge in [0.05, 0.1) is 30.1 Å². The first-order chi connectivity index (χ1) is 13.5. The predicted octanol–water partition coefficient (Wildman–Crippen LogP) is 2.66. The van der Waals surface area contributed by atoms with Crippen molar-refractivity contribution < 1.29 is 5.11 Å². The first kappa shape index (κ1) is 18.4. The van der Waals surface area contributed by atoms with Crippen LogP contribution in [0, 0.1) is 0 Å². The minimum Gasteiger partial charge on any atom is -0.394 e. The summed E-state index contributed by atoms with van der Waals surface area (Å²) >= 11 is 6.02. The van der Waals surface area contributed by atoms with Crippen molar-refractivity contribution in [3.8, 4) is 22.6 Å². The molecule has 9 heteroatoms. The lowest BCUT2D eigenvalue weighted by atomic mass is 10.1. The van der Waals surface area contributed by atoms with Gasteiger partial charge in [-0.1, -0.05) is 23.7 Å². The van der Waals surface area contributed by atoms with E-state index in [2.05, 4.69) is 15.2 Å². The van der Waals surface area contributed by atoms with E-state index in [9.17, 15) is 5.11 Å². The third-order valence-electron chi connectivity index (χ3n) is 4.66. The highest BCUT2D eigenvalue weighted by molar-refractivity contribution is 6.30. The molecule has 4 aromatic rings. The largest absolute Gasteiger partial charge is 0.394 e. The Morgan fingerprint density at radius 3 is 2.57 bits per heavy atom. The van der Waals surface area contributed by atoms with Crippen molar-refractivity contribution in [1.82, 2.24) is 29.4 Å². The van der Waals surface area contributed by atoms with Crippen LogP contribution in [-0.4, -0.2) is 54.2 Å². The van der Waals surface area contributed by atoms with Crippen molar-refractivity contribution in [2.45, 2.75) is 13.0 Å². The van der Waals surface area contributed by atoms with Crippen LogP contribution in [0.1, 0.15) is 6.92 Å². The smallest absolute Gasteiger partial charge is 0.245 e. The molecule has 3 heterocycles. The molecule has 1 aromatic carbocycles. The van der Waals surface area contributed by atoms with Gasteiger partial charge in [0.15, 0.2) is 11.5 Å². The van der Waals surface area contributed by atoms with E-state index in [-0.39, 0.29) is 12.6 Å². The summed E-state index contributed by atoms with van der Waals surface area (Å²) in [5.41, 5.74) is 3.18. The number of aromatic nitrogens is 6. The van der Waals surface area contributed by atoms with E-state index in [0.29, 0.717) is 22.4 Å². The summed E-state index contributed by atoms with van der Waals surface area (Å²) in [6.07, 6.45) is 3.63. The quantitative estimate of drug-likeness (QED) is 0.557. The fourth-order valence-corrected chi connectivity index (χ4v) is 2.97. The molecule has 0 saturated carbocycles. The molecule has 144 valence electrons. The zero-order chi connectivity index (χ0) is 19.8. The number of aryl methyl sites for hydroxylation is 1. The maximum Gasteiger partial charge on any atom is 0.245 e. The Bertz CT molecular complexity index is 1120. The van der Waals surface area contributed by atoms with E-state index in [1.807, 2.05) is 62.4 Å². The van der Waals surface area contributed by atoms with Crippen LogP contribution in [0.15, 0.2) is 42.7 Å². The molecule has 1 N–H and O–H groups in total. The van der Waals surface area contributed by atoms with Crippen molar-refractivity contribution >= 4 is 23.2 Å². The van der Waals surface area contributed by atoms with E-state index in [1.165, 1.54) is 0 Å². The summed E-state index contributed by atoms with van der Waals surface area (Å²) in [7, 11) is 3.71. The second-order valence-corrected chi connectivity index (χ2v) is 7.14. The van der Waals surface area contributed by atoms with Crippen LogP contribution in [0.4, 0.5) is 5.95 Å². The number of aliphatic hydroxyl groups excluding tert-OH is 1. The Hall–Kier alpha value is -2.97. The SMILES string of the molecule is C[C@@H](CO)N(C)c1nc2cc(-c3ccc(Cl)cc3)nc(-c3cnn(C)c3)n2n1. The molecular weight excluding hydrogens is 378 g/mol. The minimum atomic E-state index is -0.108. The number of hydrogen-bond donors (Lipinski definition) is 1. The van der Waals surface area contributed by atoms with Gasteiger partial charge in [0, 0.05) is 36.9 Å². The maximum atomic E-state index is 9.45. The van der Waals surface area contributed by atoms with E-state index in [1.54, 1.807) is 15.4 Å². The fourth-order valence-electron chi connectivity index (χ4n) is 2.84. The number of rotatable bonds is 5. The normalized spacial score (nSPS) is 12.5. The zero-order valence-corrected chi connectivity index (χ0v) is 16.5. The number of likely N-dealkylation sites (N-methyl/N-ethyl adjacent to an activating group) is 1. The monoisotopic (exact) mass is 397 g/mol. The number of halogens is 1. The molecule has 1 atom stereocenters. The molecule has 0 radical (unpaired) electrons. The van der Waals surface area contributed by atoms with Gasteiger partial charge < -0.3 is 10.0 Å². The molecule has 0 aliphatic rings. The molecule has 0 aliphatic carbocycles. The molecule has 0 fully saturated rings. The number of fused-ring (bicyclic) bond motifs is 1. The predicted molar refractivity (Wildman–Crippen MR) is 108 cm³/mol. The van der Waals surface area contributed by atoms with Gasteiger partial charge in [0.1, 0.15) is 0 Å². The Morgan fingerprint density at radius 1 is 1.18 bits per heavy atom. The van der Waals surface area contributed by atoms with Crippen molar-refractivity contribution in [1.29, 1.82) is 0 Å². The molecule has 0 spiro atoms. The first-order valence-electron chi connectivity index (χ1n) is 8.82. The van der Waals surface area contributed by atoms with Gasteiger partial charge in [0.2, 0.25) is 5.95 Å². The summed E-state index contributed by atoms with van der Waals surface area (Å²) in [4.78, 5) is 11.3. The number of hydrogen-bond acceptors (Lipinski definition) is 6. The fraction of sp³-hybridized carbons (Fsp3) is 0.263. The summed E-state index contributed by atoms with van der Waals surface area (Å²) in [6, 6.07) is 9.29. The lowest BCUT2D eigenvalue weighted by molar-refractivity contribution is 0.269. The maximum absolute atomic E-state index is 9.45. The summed E-state index contributed by atoms with van der Waals surface area (Å²) in [5.74, 6) is 1.15. The average Bonchev–Trinajstić information content (AvgIpc) is 3.32. The zero-order valence-electron chi connectivity index (χ0n) is 15.8. The van der Waals surface area contributed by atoms with Crippen molar-refractivity contribution in [3.05, 3.63) is 47.7 Å². The van der Waals surface area contributed by atoms with Crippen LogP contribution in [0.25, 0.3) is 28.3 Å². The average molecular weight is 398 g/mol. The van der Waals surface area contributed by atoms with Crippen LogP contribution in [0.5, 0.6) is 0 Å². The van der Waals surface area contributed by atoms with Crippen LogP contribution in [0.2, 0.25) is 5.02 Å².